The number of nitrogens with one attached hydrogen (secondary N) is 1. The van der Waals surface area contributed by atoms with Gasteiger partial charge in [0.1, 0.15) is 18.7 Å². The van der Waals surface area contributed by atoms with Crippen LogP contribution in [0.2, 0.25) is 0 Å². The van der Waals surface area contributed by atoms with Crippen molar-refractivity contribution in [3.63, 3.8) is 0 Å². The van der Waals surface area contributed by atoms with E-state index in [2.05, 4.69) is 15.5 Å². The van der Waals surface area contributed by atoms with Crippen LogP contribution in [0.3, 0.4) is 0 Å². The van der Waals surface area contributed by atoms with Gasteiger partial charge in [0.15, 0.2) is 0 Å². The predicted octanol–water partition coefficient (Wildman–Crippen LogP) is -0.705. The van der Waals surface area contributed by atoms with Crippen molar-refractivity contribution in [3.8, 4) is 0 Å². The van der Waals surface area contributed by atoms with E-state index in [-0.39, 0.29) is 0 Å². The van der Waals surface area contributed by atoms with Gasteiger partial charge in [0, 0.05) is 0 Å². The lowest BCUT2D eigenvalue weighted by atomic mass is 10.4. The summed E-state index contributed by atoms with van der Waals surface area (Å²) >= 11 is 0. The molecule has 60 valence electrons. The normalized spacial score (nSPS) is 12.5. The Kier molecular flexibility index (Phi) is 2.05. The van der Waals surface area contributed by atoms with Crippen molar-refractivity contribution < 1.29 is 9.90 Å². The van der Waals surface area contributed by atoms with Gasteiger partial charge < -0.3 is 5.11 Å². The number of nitrogens with zero attached hydrogens (tertiary/aromatic N) is 3. The maximum Gasteiger partial charge on any atom is 0.327 e. The molecule has 0 aromatic carbocycles. The zero-order chi connectivity index (χ0) is 8.27. The number of aromatic nitrogens is 3. The average Bonchev–Trinajstić information content (AvgIpc) is 2.39. The van der Waals surface area contributed by atoms with Gasteiger partial charge >= 0.3 is 5.97 Å². The van der Waals surface area contributed by atoms with Crippen molar-refractivity contribution >= 4 is 5.97 Å². The second-order valence-corrected chi connectivity index (χ2v) is 2.03. The molecule has 0 saturated carbocycles. The predicted molar refractivity (Wildman–Crippen MR) is 36.5 cm³/mol. The Morgan fingerprint density at radius 1 is 1.82 bits per heavy atom. The van der Waals surface area contributed by atoms with E-state index in [0.29, 0.717) is 0 Å². The molecule has 2 N–H and O–H groups in total. The second kappa shape index (κ2) is 3.00. The quantitative estimate of drug-likeness (QED) is 0.604. The Labute approximate surface area is 62.8 Å². The third-order valence-corrected chi connectivity index (χ3v) is 1.12. The molecule has 1 rings (SSSR count). The SMILES string of the molecule is CC(Nn1cncn1)C(=O)O. The van der Waals surface area contributed by atoms with E-state index in [9.17, 15) is 4.79 Å². The summed E-state index contributed by atoms with van der Waals surface area (Å²) in [4.78, 5) is 15.2. The number of hydrogen-bond donors (Lipinski definition) is 2. The lowest BCUT2D eigenvalue weighted by Gasteiger charge is -2.08. The molecule has 0 aliphatic rings. The molecule has 11 heavy (non-hydrogen) atoms. The topological polar surface area (TPSA) is 80.0 Å². The first-order chi connectivity index (χ1) is 5.20. The zero-order valence-corrected chi connectivity index (χ0v) is 5.93. The first-order valence-electron chi connectivity index (χ1n) is 3.04. The Bertz CT molecular complexity index is 233. The van der Waals surface area contributed by atoms with E-state index >= 15 is 0 Å². The molecule has 0 spiro atoms. The lowest BCUT2D eigenvalue weighted by molar-refractivity contribution is -0.137. The summed E-state index contributed by atoms with van der Waals surface area (Å²) in [5.41, 5.74) is 2.56. The van der Waals surface area contributed by atoms with E-state index in [1.54, 1.807) is 0 Å². The monoisotopic (exact) mass is 156 g/mol. The van der Waals surface area contributed by atoms with Crippen LogP contribution in [0, 0.1) is 0 Å². The fourth-order valence-corrected chi connectivity index (χ4v) is 0.529. The number of carbonyl (C=O) groups is 1. The van der Waals surface area contributed by atoms with E-state index in [4.69, 9.17) is 5.11 Å². The van der Waals surface area contributed by atoms with Crippen LogP contribution in [-0.4, -0.2) is 32.0 Å². The maximum absolute atomic E-state index is 10.3. The second-order valence-electron chi connectivity index (χ2n) is 2.03. The summed E-state index contributed by atoms with van der Waals surface area (Å²) in [5, 5.41) is 12.1. The highest BCUT2D eigenvalue weighted by Gasteiger charge is 2.09. The van der Waals surface area contributed by atoms with E-state index in [0.717, 1.165) is 0 Å². The fourth-order valence-electron chi connectivity index (χ4n) is 0.529. The summed E-state index contributed by atoms with van der Waals surface area (Å²) in [6.45, 7) is 1.52. The number of carboxylic acids is 1. The van der Waals surface area contributed by atoms with Crippen molar-refractivity contribution in [2.45, 2.75) is 13.0 Å². The van der Waals surface area contributed by atoms with Gasteiger partial charge in [-0.3, -0.25) is 5.43 Å². The van der Waals surface area contributed by atoms with E-state index < -0.39 is 12.0 Å². The van der Waals surface area contributed by atoms with Gasteiger partial charge in [-0.05, 0) is 6.92 Å². The van der Waals surface area contributed by atoms with Crippen LogP contribution in [-0.2, 0) is 4.79 Å². The zero-order valence-electron chi connectivity index (χ0n) is 5.93. The van der Waals surface area contributed by atoms with Crippen LogP contribution in [0.5, 0.6) is 0 Å². The van der Waals surface area contributed by atoms with Crippen molar-refractivity contribution in [1.29, 1.82) is 0 Å². The molecular formula is C5H8N4O2. The Balaban J connectivity index is 2.50. The molecule has 0 amide bonds. The molecule has 1 heterocycles. The first-order valence-corrected chi connectivity index (χ1v) is 3.04. The smallest absolute Gasteiger partial charge is 0.327 e. The Morgan fingerprint density at radius 2 is 2.55 bits per heavy atom. The van der Waals surface area contributed by atoms with Crippen LogP contribution >= 0.6 is 0 Å². The molecular weight excluding hydrogens is 148 g/mol. The summed E-state index contributed by atoms with van der Waals surface area (Å²) in [5.74, 6) is -0.930. The molecule has 0 saturated heterocycles. The average molecular weight is 156 g/mol. The van der Waals surface area contributed by atoms with Gasteiger partial charge in [0.05, 0.1) is 0 Å². The van der Waals surface area contributed by atoms with Gasteiger partial charge in [-0.2, -0.15) is 4.79 Å². The summed E-state index contributed by atoms with van der Waals surface area (Å²) in [7, 11) is 0. The fraction of sp³-hybridized carbons (Fsp3) is 0.400. The standard InChI is InChI=1S/C5H8N4O2/c1-4(5(10)11)8-9-3-6-2-7-9/h2-4,8H,1H3,(H,10,11). The Morgan fingerprint density at radius 3 is 3.00 bits per heavy atom. The Hall–Kier alpha value is -1.59. The van der Waals surface area contributed by atoms with Crippen LogP contribution in [0.1, 0.15) is 6.92 Å². The molecule has 1 aromatic rings. The van der Waals surface area contributed by atoms with Crippen LogP contribution in [0.15, 0.2) is 12.7 Å². The van der Waals surface area contributed by atoms with Crippen molar-refractivity contribution in [1.82, 2.24) is 14.9 Å². The molecule has 1 unspecified atom stereocenters. The molecule has 0 fully saturated rings. The van der Waals surface area contributed by atoms with Gasteiger partial charge in [-0.1, -0.05) is 0 Å². The summed E-state index contributed by atoms with van der Waals surface area (Å²) < 4.78 is 0. The van der Waals surface area contributed by atoms with Crippen molar-refractivity contribution in [2.75, 3.05) is 5.43 Å². The van der Waals surface area contributed by atoms with E-state index in [1.165, 1.54) is 24.4 Å². The maximum atomic E-state index is 10.3. The molecule has 0 bridgehead atoms. The molecule has 0 aliphatic heterocycles. The van der Waals surface area contributed by atoms with Crippen molar-refractivity contribution in [2.24, 2.45) is 0 Å². The van der Waals surface area contributed by atoms with Crippen LogP contribution in [0.4, 0.5) is 0 Å². The van der Waals surface area contributed by atoms with Gasteiger partial charge in [-0.25, -0.2) is 9.78 Å². The van der Waals surface area contributed by atoms with Crippen molar-refractivity contribution in [3.05, 3.63) is 12.7 Å². The molecule has 0 aliphatic carbocycles. The molecule has 6 heteroatoms. The minimum Gasteiger partial charge on any atom is -0.480 e. The van der Waals surface area contributed by atoms with E-state index in [1.807, 2.05) is 0 Å². The number of carboxylic acid groups (broad SMARTS) is 1. The van der Waals surface area contributed by atoms with Gasteiger partial charge in [0.25, 0.3) is 0 Å². The summed E-state index contributed by atoms with van der Waals surface area (Å²) in [6.07, 6.45) is 2.71. The highest BCUT2D eigenvalue weighted by molar-refractivity contribution is 5.74. The highest BCUT2D eigenvalue weighted by Crippen LogP contribution is 1.83. The third kappa shape index (κ3) is 1.92. The van der Waals surface area contributed by atoms with Crippen LogP contribution < -0.4 is 5.43 Å². The molecule has 0 radical (unpaired) electrons. The van der Waals surface area contributed by atoms with Gasteiger partial charge in [0.2, 0.25) is 0 Å². The highest BCUT2D eigenvalue weighted by atomic mass is 16.4. The molecule has 1 aromatic heterocycles. The van der Waals surface area contributed by atoms with Gasteiger partial charge in [-0.15, -0.1) is 5.10 Å². The summed E-state index contributed by atoms with van der Waals surface area (Å²) in [6, 6.07) is -0.670. The minimum absolute atomic E-state index is 0.670. The third-order valence-electron chi connectivity index (χ3n) is 1.12. The first kappa shape index (κ1) is 7.52. The minimum atomic E-state index is -0.930. The number of aliphatic carboxylic acids is 1. The number of rotatable bonds is 3. The molecule has 6 nitrogen and oxygen atoms in total. The molecule has 1 atom stereocenters. The lowest BCUT2D eigenvalue weighted by Crippen LogP contribution is -2.32. The van der Waals surface area contributed by atoms with Crippen LogP contribution in [0.25, 0.3) is 0 Å². The number of hydrogen-bond acceptors (Lipinski definition) is 4. The largest absolute Gasteiger partial charge is 0.480 e.